The van der Waals surface area contributed by atoms with Crippen molar-refractivity contribution in [1.82, 2.24) is 14.8 Å². The van der Waals surface area contributed by atoms with Crippen molar-refractivity contribution >= 4 is 57.0 Å². The Morgan fingerprint density at radius 2 is 1.96 bits per heavy atom. The SMILES string of the molecule is CCOC(=O)CN1C(=O)C(=O)N(Cc2nc3c(Cl)cccc3s2)C1=O. The number of para-hydroxylation sites is 1. The van der Waals surface area contributed by atoms with Gasteiger partial charge < -0.3 is 4.74 Å². The van der Waals surface area contributed by atoms with Gasteiger partial charge in [-0.25, -0.2) is 19.6 Å². The molecule has 1 aliphatic rings. The third kappa shape index (κ3) is 3.20. The fourth-order valence-corrected chi connectivity index (χ4v) is 3.58. The predicted molar refractivity (Wildman–Crippen MR) is 88.9 cm³/mol. The first-order chi connectivity index (χ1) is 11.9. The number of hydrogen-bond donors (Lipinski definition) is 0. The summed E-state index contributed by atoms with van der Waals surface area (Å²) in [5.74, 6) is -2.82. The van der Waals surface area contributed by atoms with Gasteiger partial charge in [0.15, 0.2) is 0 Å². The van der Waals surface area contributed by atoms with Gasteiger partial charge in [0, 0.05) is 0 Å². The van der Waals surface area contributed by atoms with Gasteiger partial charge in [-0.2, -0.15) is 0 Å². The van der Waals surface area contributed by atoms with E-state index in [4.69, 9.17) is 16.3 Å². The summed E-state index contributed by atoms with van der Waals surface area (Å²) in [6.07, 6.45) is 0. The van der Waals surface area contributed by atoms with Crippen molar-refractivity contribution in [1.29, 1.82) is 0 Å². The minimum absolute atomic E-state index is 0.110. The maximum Gasteiger partial charge on any atom is 0.335 e. The summed E-state index contributed by atoms with van der Waals surface area (Å²) >= 11 is 7.32. The largest absolute Gasteiger partial charge is 0.465 e. The Bertz CT molecular complexity index is 896. The Morgan fingerprint density at radius 1 is 1.24 bits per heavy atom. The molecule has 10 heteroatoms. The van der Waals surface area contributed by atoms with Crippen LogP contribution in [0.5, 0.6) is 0 Å². The highest BCUT2D eigenvalue weighted by atomic mass is 35.5. The van der Waals surface area contributed by atoms with Crippen LogP contribution < -0.4 is 0 Å². The van der Waals surface area contributed by atoms with Crippen LogP contribution in [0.3, 0.4) is 0 Å². The average molecular weight is 382 g/mol. The first-order valence-corrected chi connectivity index (χ1v) is 8.48. The number of rotatable bonds is 5. The Kier molecular flexibility index (Phi) is 4.69. The molecule has 0 spiro atoms. The van der Waals surface area contributed by atoms with Crippen LogP contribution in [0.25, 0.3) is 10.2 Å². The van der Waals surface area contributed by atoms with E-state index in [1.54, 1.807) is 19.1 Å². The molecule has 0 unspecified atom stereocenters. The van der Waals surface area contributed by atoms with Gasteiger partial charge in [-0.3, -0.25) is 14.4 Å². The lowest BCUT2D eigenvalue weighted by atomic mass is 10.3. The highest BCUT2D eigenvalue weighted by molar-refractivity contribution is 7.18. The number of halogens is 1. The third-order valence-corrected chi connectivity index (χ3v) is 4.75. The molecule has 4 amide bonds. The molecule has 0 radical (unpaired) electrons. The van der Waals surface area contributed by atoms with Gasteiger partial charge in [0.25, 0.3) is 0 Å². The van der Waals surface area contributed by atoms with Crippen molar-refractivity contribution in [3.63, 3.8) is 0 Å². The molecule has 1 aromatic carbocycles. The number of aromatic nitrogens is 1. The van der Waals surface area contributed by atoms with E-state index in [2.05, 4.69) is 4.98 Å². The topological polar surface area (TPSA) is 96.9 Å². The maximum absolute atomic E-state index is 12.3. The fraction of sp³-hybridized carbons (Fsp3) is 0.267. The van der Waals surface area contributed by atoms with Gasteiger partial charge in [0.05, 0.1) is 22.9 Å². The number of nitrogens with zero attached hydrogens (tertiary/aromatic N) is 3. The van der Waals surface area contributed by atoms with Crippen LogP contribution in [0.4, 0.5) is 4.79 Å². The van der Waals surface area contributed by atoms with E-state index in [0.717, 1.165) is 9.60 Å². The maximum atomic E-state index is 12.3. The molecule has 1 saturated heterocycles. The molecule has 1 aliphatic heterocycles. The molecule has 0 N–H and O–H groups in total. The molecule has 0 aliphatic carbocycles. The van der Waals surface area contributed by atoms with Crippen molar-refractivity contribution in [2.24, 2.45) is 0 Å². The molecule has 1 fully saturated rings. The van der Waals surface area contributed by atoms with Gasteiger partial charge >= 0.3 is 23.8 Å². The van der Waals surface area contributed by atoms with Crippen LogP contribution in [-0.4, -0.2) is 51.8 Å². The summed E-state index contributed by atoms with van der Waals surface area (Å²) in [6, 6.07) is 4.40. The number of carbonyl (C=O) groups is 4. The number of imide groups is 2. The first-order valence-electron chi connectivity index (χ1n) is 7.29. The van der Waals surface area contributed by atoms with Gasteiger partial charge in [-0.15, -0.1) is 11.3 Å². The summed E-state index contributed by atoms with van der Waals surface area (Å²) in [7, 11) is 0. The number of esters is 1. The lowest BCUT2D eigenvalue weighted by molar-refractivity contribution is -0.148. The summed E-state index contributed by atoms with van der Waals surface area (Å²) in [5, 5.41) is 0.912. The molecule has 0 saturated carbocycles. The van der Waals surface area contributed by atoms with E-state index in [0.29, 0.717) is 20.4 Å². The number of carbonyl (C=O) groups excluding carboxylic acids is 4. The monoisotopic (exact) mass is 381 g/mol. The third-order valence-electron chi connectivity index (χ3n) is 3.44. The normalized spacial score (nSPS) is 14.7. The van der Waals surface area contributed by atoms with Crippen LogP contribution in [0.2, 0.25) is 5.02 Å². The van der Waals surface area contributed by atoms with E-state index in [1.165, 1.54) is 11.3 Å². The Hall–Kier alpha value is -2.52. The van der Waals surface area contributed by atoms with Crippen molar-refractivity contribution in [2.45, 2.75) is 13.5 Å². The van der Waals surface area contributed by atoms with Crippen molar-refractivity contribution in [3.8, 4) is 0 Å². The van der Waals surface area contributed by atoms with Crippen LogP contribution in [-0.2, 0) is 25.7 Å². The molecule has 2 aromatic rings. The van der Waals surface area contributed by atoms with E-state index in [1.807, 2.05) is 6.07 Å². The van der Waals surface area contributed by atoms with Crippen molar-refractivity contribution < 1.29 is 23.9 Å². The molecule has 0 atom stereocenters. The van der Waals surface area contributed by atoms with Crippen molar-refractivity contribution in [2.75, 3.05) is 13.2 Å². The van der Waals surface area contributed by atoms with Crippen LogP contribution in [0, 0.1) is 0 Å². The summed E-state index contributed by atoms with van der Waals surface area (Å²) in [4.78, 5) is 53.4. The lowest BCUT2D eigenvalue weighted by Gasteiger charge is -2.13. The van der Waals surface area contributed by atoms with Crippen LogP contribution in [0.15, 0.2) is 18.2 Å². The van der Waals surface area contributed by atoms with Gasteiger partial charge in [-0.05, 0) is 19.1 Å². The van der Waals surface area contributed by atoms with Gasteiger partial charge in [0.1, 0.15) is 17.1 Å². The number of hydrogen-bond acceptors (Lipinski definition) is 7. The molecular formula is C15H12ClN3O5S. The number of thiazole rings is 1. The molecule has 0 bridgehead atoms. The highest BCUT2D eigenvalue weighted by Gasteiger charge is 2.45. The second-order valence-electron chi connectivity index (χ2n) is 5.06. The standard InChI is InChI=1S/C15H12ClN3O5S/c1-2-24-11(20)7-19-14(22)13(21)18(15(19)23)6-10-17-12-8(16)4-3-5-9(12)25-10/h3-5H,2,6-7H2,1H3. The summed E-state index contributed by atoms with van der Waals surface area (Å²) in [6.45, 7) is 0.943. The molecule has 25 heavy (non-hydrogen) atoms. The molecule has 1 aromatic heterocycles. The second-order valence-corrected chi connectivity index (χ2v) is 6.59. The highest BCUT2D eigenvalue weighted by Crippen LogP contribution is 2.29. The van der Waals surface area contributed by atoms with Gasteiger partial charge in [0.2, 0.25) is 0 Å². The smallest absolute Gasteiger partial charge is 0.335 e. The molecule has 8 nitrogen and oxygen atoms in total. The van der Waals surface area contributed by atoms with Crippen molar-refractivity contribution in [3.05, 3.63) is 28.2 Å². The zero-order chi connectivity index (χ0) is 18.1. The zero-order valence-electron chi connectivity index (χ0n) is 13.0. The predicted octanol–water partition coefficient (Wildman–Crippen LogP) is 1.80. The number of urea groups is 1. The molecular weight excluding hydrogens is 370 g/mol. The Balaban J connectivity index is 1.80. The fourth-order valence-electron chi connectivity index (χ4n) is 2.33. The van der Waals surface area contributed by atoms with Crippen LogP contribution in [0.1, 0.15) is 11.9 Å². The number of amides is 4. The van der Waals surface area contributed by atoms with E-state index in [-0.39, 0.29) is 13.2 Å². The minimum Gasteiger partial charge on any atom is -0.465 e. The quantitative estimate of drug-likeness (QED) is 0.445. The second kappa shape index (κ2) is 6.77. The average Bonchev–Trinajstić information content (AvgIpc) is 3.07. The number of ether oxygens (including phenoxy) is 1. The van der Waals surface area contributed by atoms with Gasteiger partial charge in [-0.1, -0.05) is 17.7 Å². The van der Waals surface area contributed by atoms with E-state index in [9.17, 15) is 19.2 Å². The van der Waals surface area contributed by atoms with E-state index < -0.39 is 30.4 Å². The zero-order valence-corrected chi connectivity index (χ0v) is 14.6. The van der Waals surface area contributed by atoms with Crippen LogP contribution >= 0.6 is 22.9 Å². The van der Waals surface area contributed by atoms with E-state index >= 15 is 0 Å². The minimum atomic E-state index is -1.06. The first kappa shape index (κ1) is 17.3. The summed E-state index contributed by atoms with van der Waals surface area (Å²) < 4.78 is 5.50. The Labute approximate surface area is 150 Å². The molecule has 3 rings (SSSR count). The Morgan fingerprint density at radius 3 is 2.64 bits per heavy atom. The summed E-state index contributed by atoms with van der Waals surface area (Å²) in [5.41, 5.74) is 0.568. The number of benzene rings is 1. The number of fused-ring (bicyclic) bond motifs is 1. The lowest BCUT2D eigenvalue weighted by Crippen LogP contribution is -2.37. The molecule has 130 valence electrons. The molecule has 2 heterocycles.